The van der Waals surface area contributed by atoms with Crippen LogP contribution < -0.4 is 15.0 Å². The number of anilines is 3. The van der Waals surface area contributed by atoms with Crippen LogP contribution in [-0.4, -0.2) is 78.5 Å². The summed E-state index contributed by atoms with van der Waals surface area (Å²) in [6, 6.07) is 3.88. The Morgan fingerprint density at radius 1 is 1.17 bits per heavy atom. The van der Waals surface area contributed by atoms with E-state index < -0.39 is 17.7 Å². The van der Waals surface area contributed by atoms with E-state index in [-0.39, 0.29) is 40.3 Å². The lowest BCUT2D eigenvalue weighted by Gasteiger charge is -2.54. The Morgan fingerprint density at radius 2 is 1.88 bits per heavy atom. The smallest absolute Gasteiger partial charge is 0.406 e. The number of pyridine rings is 1. The quantitative estimate of drug-likeness (QED) is 0.304. The van der Waals surface area contributed by atoms with E-state index in [1.807, 2.05) is 4.90 Å². The first-order valence-corrected chi connectivity index (χ1v) is 13.3. The molecule has 2 aliphatic heterocycles. The molecule has 5 heterocycles. The standard InChI is InChI=1S/C26H30F3N9O4/c1-17(39)35-8-5-25(6-9-35)15-36(16-25)22-11-21(32-20-10-19(4-7-30-20)42-26(27,28)29)33-23(34-22)18-12-31-37(13-18)14-24(2,3)38(40)41/h4,7,10-13H,5-6,8-9,14-16H2,1-3H3,(H,30,32,33,34). The molecule has 0 radical (unpaired) electrons. The molecule has 2 fully saturated rings. The molecule has 13 nitrogen and oxygen atoms in total. The third-order valence-corrected chi connectivity index (χ3v) is 7.51. The van der Waals surface area contributed by atoms with E-state index in [1.54, 1.807) is 19.2 Å². The number of alkyl halides is 3. The van der Waals surface area contributed by atoms with E-state index in [0.29, 0.717) is 24.5 Å². The fraction of sp³-hybridized carbons (Fsp3) is 0.500. The summed E-state index contributed by atoms with van der Waals surface area (Å²) in [5, 5.41) is 18.6. The number of aromatic nitrogens is 5. The molecular formula is C26H30F3N9O4. The number of ether oxygens (including phenoxy) is 1. The molecule has 1 spiro atoms. The Labute approximate surface area is 238 Å². The highest BCUT2D eigenvalue weighted by atomic mass is 19.4. The van der Waals surface area contributed by atoms with Gasteiger partial charge in [-0.1, -0.05) is 0 Å². The Bertz CT molecular complexity index is 1480. The third-order valence-electron chi connectivity index (χ3n) is 7.51. The van der Waals surface area contributed by atoms with Gasteiger partial charge < -0.3 is 19.9 Å². The number of hydrogen-bond acceptors (Lipinski definition) is 10. The number of likely N-dealkylation sites (tertiary alicyclic amines) is 1. The molecule has 2 aliphatic rings. The van der Waals surface area contributed by atoms with Gasteiger partial charge in [-0.2, -0.15) is 5.10 Å². The van der Waals surface area contributed by atoms with E-state index in [0.717, 1.165) is 38.1 Å². The van der Waals surface area contributed by atoms with Gasteiger partial charge in [-0.05, 0) is 18.9 Å². The van der Waals surface area contributed by atoms with Crippen LogP contribution in [0, 0.1) is 15.5 Å². The molecule has 16 heteroatoms. The molecule has 2 saturated heterocycles. The summed E-state index contributed by atoms with van der Waals surface area (Å²) in [7, 11) is 0. The molecule has 0 aliphatic carbocycles. The normalized spacial score (nSPS) is 16.7. The van der Waals surface area contributed by atoms with E-state index in [2.05, 4.69) is 30.0 Å². The zero-order valence-electron chi connectivity index (χ0n) is 23.3. The molecule has 3 aromatic heterocycles. The Kier molecular flexibility index (Phi) is 7.41. The maximum atomic E-state index is 12.7. The zero-order chi connectivity index (χ0) is 30.3. The number of halogens is 3. The van der Waals surface area contributed by atoms with Crippen molar-refractivity contribution >= 4 is 23.4 Å². The van der Waals surface area contributed by atoms with Crippen molar-refractivity contribution in [3.63, 3.8) is 0 Å². The maximum Gasteiger partial charge on any atom is 0.573 e. The summed E-state index contributed by atoms with van der Waals surface area (Å²) in [5.74, 6) is 0.839. The van der Waals surface area contributed by atoms with Crippen LogP contribution in [-0.2, 0) is 11.3 Å². The molecule has 1 amide bonds. The highest BCUT2D eigenvalue weighted by molar-refractivity contribution is 5.73. The number of piperidine rings is 1. The highest BCUT2D eigenvalue weighted by Gasteiger charge is 2.46. The minimum absolute atomic E-state index is 0.0205. The van der Waals surface area contributed by atoms with E-state index >= 15 is 0 Å². The van der Waals surface area contributed by atoms with Gasteiger partial charge in [0.1, 0.15) is 29.7 Å². The van der Waals surface area contributed by atoms with Crippen molar-refractivity contribution in [1.29, 1.82) is 0 Å². The van der Waals surface area contributed by atoms with Crippen LogP contribution in [0.1, 0.15) is 33.6 Å². The number of amides is 1. The van der Waals surface area contributed by atoms with Gasteiger partial charge in [-0.3, -0.25) is 19.6 Å². The second-order valence-electron chi connectivity index (χ2n) is 11.3. The van der Waals surface area contributed by atoms with Gasteiger partial charge in [0.05, 0.1) is 11.8 Å². The number of hydrogen-bond donors (Lipinski definition) is 1. The summed E-state index contributed by atoms with van der Waals surface area (Å²) in [5.41, 5.74) is -0.683. The highest BCUT2D eigenvalue weighted by Crippen LogP contribution is 2.43. The van der Waals surface area contributed by atoms with Crippen LogP contribution >= 0.6 is 0 Å². The molecule has 3 aromatic rings. The maximum absolute atomic E-state index is 12.7. The van der Waals surface area contributed by atoms with Crippen molar-refractivity contribution in [2.75, 3.05) is 36.4 Å². The predicted molar refractivity (Wildman–Crippen MR) is 145 cm³/mol. The van der Waals surface area contributed by atoms with Crippen LogP contribution in [0.4, 0.5) is 30.6 Å². The van der Waals surface area contributed by atoms with Gasteiger partial charge in [-0.25, -0.2) is 15.0 Å². The number of rotatable bonds is 8. The molecule has 224 valence electrons. The van der Waals surface area contributed by atoms with Gasteiger partial charge in [0.25, 0.3) is 0 Å². The van der Waals surface area contributed by atoms with Crippen molar-refractivity contribution in [2.45, 2.75) is 52.1 Å². The van der Waals surface area contributed by atoms with Gasteiger partial charge >= 0.3 is 6.36 Å². The third kappa shape index (κ3) is 6.52. The van der Waals surface area contributed by atoms with Crippen molar-refractivity contribution in [1.82, 2.24) is 29.6 Å². The SMILES string of the molecule is CC(=O)N1CCC2(CC1)CN(c1cc(Nc3cc(OC(F)(F)F)ccn3)nc(-c3cnn(CC(C)(C)[N+](=O)[O-])c3)n1)C2. The molecule has 0 atom stereocenters. The van der Waals surface area contributed by atoms with Crippen LogP contribution in [0.5, 0.6) is 5.75 Å². The fourth-order valence-electron chi connectivity index (χ4n) is 5.15. The molecule has 5 rings (SSSR count). The van der Waals surface area contributed by atoms with Gasteiger partial charge in [-0.15, -0.1) is 13.2 Å². The first-order chi connectivity index (χ1) is 19.7. The van der Waals surface area contributed by atoms with E-state index in [1.165, 1.54) is 30.9 Å². The second-order valence-corrected chi connectivity index (χ2v) is 11.3. The zero-order valence-corrected chi connectivity index (χ0v) is 23.3. The van der Waals surface area contributed by atoms with Crippen LogP contribution in [0.15, 0.2) is 36.8 Å². The Hall–Kier alpha value is -4.50. The van der Waals surface area contributed by atoms with Crippen molar-refractivity contribution in [3.8, 4) is 17.1 Å². The van der Waals surface area contributed by atoms with Crippen molar-refractivity contribution in [3.05, 3.63) is 46.9 Å². The Balaban J connectivity index is 1.41. The summed E-state index contributed by atoms with van der Waals surface area (Å²) < 4.78 is 43.7. The van der Waals surface area contributed by atoms with E-state index in [9.17, 15) is 28.1 Å². The fourth-order valence-corrected chi connectivity index (χ4v) is 5.15. The number of nitrogens with one attached hydrogen (secondary N) is 1. The molecule has 0 aromatic carbocycles. The topological polar surface area (TPSA) is 144 Å². The summed E-state index contributed by atoms with van der Waals surface area (Å²) >= 11 is 0. The minimum atomic E-state index is -4.86. The van der Waals surface area contributed by atoms with Crippen LogP contribution in [0.25, 0.3) is 11.4 Å². The molecule has 0 bridgehead atoms. The Morgan fingerprint density at radius 3 is 2.52 bits per heavy atom. The molecule has 0 saturated carbocycles. The number of nitro groups is 1. The van der Waals surface area contributed by atoms with Crippen molar-refractivity contribution in [2.24, 2.45) is 5.41 Å². The van der Waals surface area contributed by atoms with Crippen LogP contribution in [0.3, 0.4) is 0 Å². The first-order valence-electron chi connectivity index (χ1n) is 13.3. The molecule has 1 N–H and O–H groups in total. The van der Waals surface area contributed by atoms with Gasteiger partial charge in [0.2, 0.25) is 11.4 Å². The average Bonchev–Trinajstić information content (AvgIpc) is 3.34. The average molecular weight is 590 g/mol. The van der Waals surface area contributed by atoms with Crippen LogP contribution in [0.2, 0.25) is 0 Å². The summed E-state index contributed by atoms with van der Waals surface area (Å²) in [6.07, 6.45) is 1.19. The minimum Gasteiger partial charge on any atom is -0.406 e. The number of carbonyl (C=O) groups excluding carboxylic acids is 1. The lowest BCUT2D eigenvalue weighted by molar-refractivity contribution is -0.563. The summed E-state index contributed by atoms with van der Waals surface area (Å²) in [6.45, 7) is 7.43. The largest absolute Gasteiger partial charge is 0.573 e. The van der Waals surface area contributed by atoms with Gasteiger partial charge in [0, 0.05) is 81.8 Å². The molecule has 0 unspecified atom stereocenters. The monoisotopic (exact) mass is 589 g/mol. The summed E-state index contributed by atoms with van der Waals surface area (Å²) in [4.78, 5) is 40.0. The lowest BCUT2D eigenvalue weighted by Crippen LogP contribution is -2.61. The molecular weight excluding hydrogens is 559 g/mol. The lowest BCUT2D eigenvalue weighted by atomic mass is 9.72. The second kappa shape index (κ2) is 10.7. The molecule has 42 heavy (non-hydrogen) atoms. The van der Waals surface area contributed by atoms with E-state index in [4.69, 9.17) is 4.98 Å². The van der Waals surface area contributed by atoms with Crippen molar-refractivity contribution < 1.29 is 27.6 Å². The number of nitrogens with zero attached hydrogens (tertiary/aromatic N) is 8. The van der Waals surface area contributed by atoms with Gasteiger partial charge in [0.15, 0.2) is 5.82 Å². The number of carbonyl (C=O) groups is 1. The first kappa shape index (κ1) is 29.0. The predicted octanol–water partition coefficient (Wildman–Crippen LogP) is 3.88.